The number of carbonyl (C=O) groups excluding carboxylic acids is 1. The fourth-order valence-corrected chi connectivity index (χ4v) is 5.22. The van der Waals surface area contributed by atoms with E-state index < -0.39 is 0 Å². The van der Waals surface area contributed by atoms with Crippen molar-refractivity contribution in [1.29, 1.82) is 0 Å². The van der Waals surface area contributed by atoms with Gasteiger partial charge in [-0.25, -0.2) is 9.37 Å². The molecule has 0 aliphatic carbocycles. The number of ether oxygens (including phenoxy) is 3. The second-order valence-electron chi connectivity index (χ2n) is 8.27. The van der Waals surface area contributed by atoms with Crippen molar-refractivity contribution >= 4 is 32.6 Å². The van der Waals surface area contributed by atoms with Crippen LogP contribution in [-0.2, 0) is 9.53 Å². The van der Waals surface area contributed by atoms with Gasteiger partial charge in [0.05, 0.1) is 23.9 Å². The Morgan fingerprint density at radius 1 is 1.27 bits per heavy atom. The molecule has 1 amide bonds. The first-order valence-electron chi connectivity index (χ1n) is 11.1. The van der Waals surface area contributed by atoms with E-state index in [0.717, 1.165) is 33.8 Å². The maximum absolute atomic E-state index is 13.4. The number of hydrogen-bond donors (Lipinski definition) is 1. The highest BCUT2D eigenvalue weighted by Gasteiger charge is 2.31. The number of aromatic nitrogens is 1. The number of nitrogens with zero attached hydrogens (tertiary/aromatic N) is 2. The van der Waals surface area contributed by atoms with Crippen LogP contribution in [0.2, 0.25) is 0 Å². The highest BCUT2D eigenvalue weighted by Crippen LogP contribution is 2.36. The van der Waals surface area contributed by atoms with E-state index in [-0.39, 0.29) is 23.9 Å². The van der Waals surface area contributed by atoms with E-state index in [4.69, 9.17) is 14.2 Å². The van der Waals surface area contributed by atoms with Gasteiger partial charge >= 0.3 is 0 Å². The Kier molecular flexibility index (Phi) is 6.32. The molecule has 7 nitrogen and oxygen atoms in total. The Balaban J connectivity index is 1.20. The standard InChI is InChI=1S/C24H26FN3O4S/c1-30-19-7-4-15(11-20(19)32-23-3-2-10-31-23)16-12-22(29)28(14-16)9-8-26-24-27-18-6-5-17(25)13-21(18)33-24/h4-7,11,13,16,23H,2-3,8-10,12,14H2,1H3,(H,26,27)/t16-,23?/m1/s1. The predicted octanol–water partition coefficient (Wildman–Crippen LogP) is 4.39. The Morgan fingerprint density at radius 2 is 2.18 bits per heavy atom. The number of amides is 1. The molecule has 0 spiro atoms. The third-order valence-electron chi connectivity index (χ3n) is 6.03. The Morgan fingerprint density at radius 3 is 3.00 bits per heavy atom. The predicted molar refractivity (Wildman–Crippen MR) is 125 cm³/mol. The van der Waals surface area contributed by atoms with Crippen LogP contribution >= 0.6 is 11.3 Å². The number of rotatable bonds is 8. The second kappa shape index (κ2) is 9.52. The van der Waals surface area contributed by atoms with Gasteiger partial charge in [-0.1, -0.05) is 17.4 Å². The normalized spacial score (nSPS) is 20.5. The first-order chi connectivity index (χ1) is 16.1. The molecule has 3 aromatic rings. The molecule has 174 valence electrons. The highest BCUT2D eigenvalue weighted by molar-refractivity contribution is 7.22. The van der Waals surface area contributed by atoms with E-state index in [1.165, 1.54) is 23.5 Å². The van der Waals surface area contributed by atoms with Gasteiger partial charge < -0.3 is 24.4 Å². The smallest absolute Gasteiger partial charge is 0.223 e. The third kappa shape index (κ3) is 4.89. The van der Waals surface area contributed by atoms with Gasteiger partial charge in [0.2, 0.25) is 5.91 Å². The molecule has 2 atom stereocenters. The first-order valence-corrected chi connectivity index (χ1v) is 11.9. The quantitative estimate of drug-likeness (QED) is 0.526. The van der Waals surface area contributed by atoms with Crippen LogP contribution in [0.25, 0.3) is 10.2 Å². The van der Waals surface area contributed by atoms with Crippen molar-refractivity contribution in [2.24, 2.45) is 0 Å². The average molecular weight is 472 g/mol. The summed E-state index contributed by atoms with van der Waals surface area (Å²) < 4.78 is 31.2. The van der Waals surface area contributed by atoms with E-state index >= 15 is 0 Å². The molecule has 2 saturated heterocycles. The zero-order valence-electron chi connectivity index (χ0n) is 18.4. The van der Waals surface area contributed by atoms with Gasteiger partial charge in [0.15, 0.2) is 22.9 Å². The fraction of sp³-hybridized carbons (Fsp3) is 0.417. The van der Waals surface area contributed by atoms with Crippen LogP contribution < -0.4 is 14.8 Å². The fourth-order valence-electron chi connectivity index (χ4n) is 4.31. The number of methoxy groups -OCH3 is 1. The lowest BCUT2D eigenvalue weighted by Crippen LogP contribution is -2.30. The molecular weight excluding hydrogens is 445 g/mol. The number of fused-ring (bicyclic) bond motifs is 1. The molecule has 3 heterocycles. The van der Waals surface area contributed by atoms with Gasteiger partial charge in [0.1, 0.15) is 5.82 Å². The summed E-state index contributed by atoms with van der Waals surface area (Å²) >= 11 is 1.41. The molecule has 1 aromatic heterocycles. The van der Waals surface area contributed by atoms with Crippen LogP contribution in [0.1, 0.15) is 30.7 Å². The molecule has 0 radical (unpaired) electrons. The molecule has 1 unspecified atom stereocenters. The topological polar surface area (TPSA) is 72.9 Å². The number of benzene rings is 2. The van der Waals surface area contributed by atoms with Gasteiger partial charge in [-0.15, -0.1) is 0 Å². The van der Waals surface area contributed by atoms with Crippen LogP contribution in [0.15, 0.2) is 36.4 Å². The molecular formula is C24H26FN3O4S. The maximum Gasteiger partial charge on any atom is 0.223 e. The number of anilines is 1. The molecule has 0 saturated carbocycles. The van der Waals surface area contributed by atoms with Crippen molar-refractivity contribution in [2.75, 3.05) is 38.7 Å². The summed E-state index contributed by atoms with van der Waals surface area (Å²) in [5.41, 5.74) is 1.82. The molecule has 9 heteroatoms. The lowest BCUT2D eigenvalue weighted by atomic mass is 9.98. The third-order valence-corrected chi connectivity index (χ3v) is 7.00. The van der Waals surface area contributed by atoms with Crippen molar-refractivity contribution in [2.45, 2.75) is 31.5 Å². The van der Waals surface area contributed by atoms with E-state index in [2.05, 4.69) is 10.3 Å². The number of nitrogens with one attached hydrogen (secondary N) is 1. The van der Waals surface area contributed by atoms with Crippen molar-refractivity contribution in [1.82, 2.24) is 9.88 Å². The van der Waals surface area contributed by atoms with Crippen molar-refractivity contribution in [3.63, 3.8) is 0 Å². The van der Waals surface area contributed by atoms with Crippen molar-refractivity contribution < 1.29 is 23.4 Å². The minimum atomic E-state index is -0.269. The minimum Gasteiger partial charge on any atom is -0.493 e. The van der Waals surface area contributed by atoms with Crippen LogP contribution in [0.4, 0.5) is 9.52 Å². The monoisotopic (exact) mass is 471 g/mol. The zero-order valence-corrected chi connectivity index (χ0v) is 19.2. The summed E-state index contributed by atoms with van der Waals surface area (Å²) in [7, 11) is 1.62. The molecule has 33 heavy (non-hydrogen) atoms. The number of carbonyl (C=O) groups is 1. The lowest BCUT2D eigenvalue weighted by molar-refractivity contribution is -0.127. The van der Waals surface area contributed by atoms with Crippen LogP contribution in [0, 0.1) is 5.82 Å². The van der Waals surface area contributed by atoms with Crippen LogP contribution in [0.3, 0.4) is 0 Å². The van der Waals surface area contributed by atoms with Crippen molar-refractivity contribution in [3.05, 3.63) is 47.8 Å². The minimum absolute atomic E-state index is 0.0979. The number of thiazole rings is 1. The summed E-state index contributed by atoms with van der Waals surface area (Å²) in [6.45, 7) is 2.52. The zero-order chi connectivity index (χ0) is 22.8. The van der Waals surface area contributed by atoms with Gasteiger partial charge in [-0.2, -0.15) is 0 Å². The summed E-state index contributed by atoms with van der Waals surface area (Å²) in [6, 6.07) is 10.4. The van der Waals surface area contributed by atoms with E-state index in [9.17, 15) is 9.18 Å². The molecule has 2 aliphatic rings. The summed E-state index contributed by atoms with van der Waals surface area (Å²) in [5.74, 6) is 1.28. The van der Waals surface area contributed by atoms with E-state index in [0.29, 0.717) is 44.2 Å². The number of hydrogen-bond acceptors (Lipinski definition) is 7. The average Bonchev–Trinajstić information content (AvgIpc) is 3.54. The summed E-state index contributed by atoms with van der Waals surface area (Å²) in [5, 5.41) is 3.99. The van der Waals surface area contributed by atoms with E-state index in [1.807, 2.05) is 23.1 Å². The van der Waals surface area contributed by atoms with Crippen LogP contribution in [0.5, 0.6) is 11.5 Å². The van der Waals surface area contributed by atoms with Gasteiger partial charge in [0.25, 0.3) is 0 Å². The van der Waals surface area contributed by atoms with Gasteiger partial charge in [-0.3, -0.25) is 4.79 Å². The molecule has 2 aliphatic heterocycles. The number of halogens is 1. The second-order valence-corrected chi connectivity index (χ2v) is 9.30. The Hall–Kier alpha value is -2.91. The Labute approximate surface area is 195 Å². The molecule has 1 N–H and O–H groups in total. The van der Waals surface area contributed by atoms with Crippen molar-refractivity contribution in [3.8, 4) is 11.5 Å². The largest absolute Gasteiger partial charge is 0.493 e. The molecule has 5 rings (SSSR count). The van der Waals surface area contributed by atoms with E-state index in [1.54, 1.807) is 13.2 Å². The molecule has 2 aromatic carbocycles. The highest BCUT2D eigenvalue weighted by atomic mass is 32.1. The summed E-state index contributed by atoms with van der Waals surface area (Å²) in [6.07, 6.45) is 2.06. The molecule has 2 fully saturated rings. The van der Waals surface area contributed by atoms with Gasteiger partial charge in [-0.05, 0) is 42.3 Å². The SMILES string of the molecule is COc1ccc([C@@H]2CC(=O)N(CCNc3nc4ccc(F)cc4s3)C2)cc1OC1CCCO1. The van der Waals surface area contributed by atoms with Crippen LogP contribution in [-0.4, -0.2) is 55.4 Å². The maximum atomic E-state index is 13.4. The first kappa shape index (κ1) is 21.9. The van der Waals surface area contributed by atoms with Gasteiger partial charge in [0, 0.05) is 38.4 Å². The lowest BCUT2D eigenvalue weighted by Gasteiger charge is -2.19. The number of likely N-dealkylation sites (tertiary alicyclic amines) is 1. The summed E-state index contributed by atoms with van der Waals surface area (Å²) in [4.78, 5) is 19.0. The molecule has 0 bridgehead atoms. The Bertz CT molecular complexity index is 1150.